The van der Waals surface area contributed by atoms with Crippen LogP contribution in [0.25, 0.3) is 16.7 Å². The first kappa shape index (κ1) is 22.3. The molecule has 0 saturated carbocycles. The van der Waals surface area contributed by atoms with E-state index in [1.807, 2.05) is 6.07 Å². The Bertz CT molecular complexity index is 1560. The van der Waals surface area contributed by atoms with Gasteiger partial charge in [0.25, 0.3) is 0 Å². The summed E-state index contributed by atoms with van der Waals surface area (Å²) in [4.78, 5) is 7.73. The van der Waals surface area contributed by atoms with Crippen molar-refractivity contribution in [2.24, 2.45) is 0 Å². The molecule has 1 saturated heterocycles. The van der Waals surface area contributed by atoms with Crippen LogP contribution in [-0.2, 0) is 13.0 Å². The first-order valence-electron chi connectivity index (χ1n) is 12.8. The Balaban J connectivity index is 1.46. The molecule has 3 aromatic carbocycles. The Morgan fingerprint density at radius 3 is 2.22 bits per heavy atom. The monoisotopic (exact) mass is 473 g/mol. The lowest BCUT2D eigenvalue weighted by Gasteiger charge is -2.31. The predicted molar refractivity (Wildman–Crippen MR) is 143 cm³/mol. The number of hydrogen-bond donors (Lipinski definition) is 2. The van der Waals surface area contributed by atoms with Gasteiger partial charge in [0.1, 0.15) is 55.4 Å². The summed E-state index contributed by atoms with van der Waals surface area (Å²) in [5.74, 6) is 1.22. The van der Waals surface area contributed by atoms with Crippen LogP contribution in [0.3, 0.4) is 0 Å². The minimum atomic E-state index is 0.731. The van der Waals surface area contributed by atoms with Crippen LogP contribution in [0.4, 0.5) is 5.82 Å². The van der Waals surface area contributed by atoms with Gasteiger partial charge in [0, 0.05) is 17.5 Å². The van der Waals surface area contributed by atoms with Crippen LogP contribution in [0.15, 0.2) is 84.9 Å². The minimum absolute atomic E-state index is 0.731. The highest BCUT2D eigenvalue weighted by Crippen LogP contribution is 2.29. The fourth-order valence-corrected chi connectivity index (χ4v) is 5.68. The molecule has 0 aliphatic carbocycles. The maximum atomic E-state index is 10.2. The number of nitrogens with zero attached hydrogens (tertiary/aromatic N) is 3. The minimum Gasteiger partial charge on any atom is -0.326 e. The molecule has 0 radical (unpaired) electrons. The molecule has 2 N–H and O–H groups in total. The largest absolute Gasteiger partial charge is 0.326 e. The van der Waals surface area contributed by atoms with E-state index < -0.39 is 0 Å². The molecule has 0 amide bonds. The molecule has 0 bridgehead atoms. The van der Waals surface area contributed by atoms with E-state index in [0.717, 1.165) is 67.0 Å². The lowest BCUT2D eigenvalue weighted by atomic mass is 9.97. The molecule has 6 rings (SSSR count). The number of benzene rings is 3. The molecule has 5 heteroatoms. The lowest BCUT2D eigenvalue weighted by Crippen LogP contribution is -3.13. The number of nitriles is 1. The first-order chi connectivity index (χ1) is 17.7. The number of nitrogens with one attached hydrogen (secondary N) is 2. The van der Waals surface area contributed by atoms with E-state index in [1.165, 1.54) is 22.5 Å². The topological polar surface area (TPSA) is 51.4 Å². The van der Waals surface area contributed by atoms with Crippen LogP contribution >= 0.6 is 0 Å². The zero-order chi connectivity index (χ0) is 24.5. The van der Waals surface area contributed by atoms with Crippen molar-refractivity contribution in [2.75, 3.05) is 31.1 Å². The summed E-state index contributed by atoms with van der Waals surface area (Å²) >= 11 is 0. The molecule has 0 unspecified atom stereocenters. The van der Waals surface area contributed by atoms with Gasteiger partial charge < -0.3 is 4.90 Å². The van der Waals surface area contributed by atoms with E-state index in [4.69, 9.17) is 0 Å². The number of aromatic amines is 1. The van der Waals surface area contributed by atoms with Crippen LogP contribution in [0.5, 0.6) is 0 Å². The second-order valence-corrected chi connectivity index (χ2v) is 9.80. The number of pyridine rings is 1. The van der Waals surface area contributed by atoms with Crippen LogP contribution in [0.1, 0.15) is 27.8 Å². The van der Waals surface area contributed by atoms with Gasteiger partial charge in [0.15, 0.2) is 0 Å². The van der Waals surface area contributed by atoms with Crippen molar-refractivity contribution in [3.8, 4) is 6.07 Å². The zero-order valence-corrected chi connectivity index (χ0v) is 20.7. The Morgan fingerprint density at radius 2 is 1.53 bits per heavy atom. The van der Waals surface area contributed by atoms with Crippen molar-refractivity contribution in [1.82, 2.24) is 4.98 Å². The average molecular weight is 474 g/mol. The van der Waals surface area contributed by atoms with E-state index in [2.05, 4.69) is 106 Å². The third-order valence-electron chi connectivity index (χ3n) is 7.57. The van der Waals surface area contributed by atoms with Crippen molar-refractivity contribution in [3.63, 3.8) is 0 Å². The molecule has 1 fully saturated rings. The average Bonchev–Trinajstić information content (AvgIpc) is 3.30. The van der Waals surface area contributed by atoms with Gasteiger partial charge in [0.05, 0.1) is 0 Å². The number of hydrogen-bond acceptors (Lipinski definition) is 2. The predicted octanol–water partition coefficient (Wildman–Crippen LogP) is 3.58. The van der Waals surface area contributed by atoms with Crippen LogP contribution < -0.4 is 14.2 Å². The maximum absolute atomic E-state index is 10.2. The van der Waals surface area contributed by atoms with Crippen molar-refractivity contribution in [2.45, 2.75) is 19.9 Å². The number of para-hydroxylation sites is 2. The summed E-state index contributed by atoms with van der Waals surface area (Å²) in [7, 11) is 0. The van der Waals surface area contributed by atoms with Crippen molar-refractivity contribution in [1.29, 1.82) is 5.26 Å². The van der Waals surface area contributed by atoms with Crippen LogP contribution in [0, 0.1) is 18.3 Å². The second-order valence-electron chi connectivity index (χ2n) is 9.80. The fraction of sp³-hybridized carbons (Fsp3) is 0.226. The van der Waals surface area contributed by atoms with Gasteiger partial charge >= 0.3 is 0 Å². The second kappa shape index (κ2) is 9.49. The molecule has 1 aliphatic rings. The van der Waals surface area contributed by atoms with Gasteiger partial charge in [-0.1, -0.05) is 72.8 Å². The third kappa shape index (κ3) is 4.00. The van der Waals surface area contributed by atoms with E-state index in [0.29, 0.717) is 0 Å². The number of imidazole rings is 1. The zero-order valence-electron chi connectivity index (χ0n) is 20.7. The van der Waals surface area contributed by atoms with Crippen LogP contribution in [0.2, 0.25) is 0 Å². The van der Waals surface area contributed by atoms with E-state index in [-0.39, 0.29) is 0 Å². The van der Waals surface area contributed by atoms with Gasteiger partial charge in [-0.2, -0.15) is 9.66 Å². The van der Waals surface area contributed by atoms with Gasteiger partial charge in [0.2, 0.25) is 11.5 Å². The number of H-pyrrole nitrogens is 1. The molecule has 178 valence electrons. The molecule has 1 aliphatic heterocycles. The Morgan fingerprint density at radius 1 is 0.889 bits per heavy atom. The van der Waals surface area contributed by atoms with Crippen molar-refractivity contribution in [3.05, 3.63) is 113 Å². The van der Waals surface area contributed by atoms with E-state index in [9.17, 15) is 5.26 Å². The van der Waals surface area contributed by atoms with Crippen LogP contribution in [-0.4, -0.2) is 31.2 Å². The molecule has 3 heterocycles. The van der Waals surface area contributed by atoms with Gasteiger partial charge in [-0.05, 0) is 30.2 Å². The molecular weight excluding hydrogens is 442 g/mol. The normalized spacial score (nSPS) is 14.4. The Hall–Kier alpha value is -4.14. The van der Waals surface area contributed by atoms with Crippen molar-refractivity contribution < 1.29 is 9.30 Å². The summed E-state index contributed by atoms with van der Waals surface area (Å²) in [6.07, 6.45) is 0.802. The van der Waals surface area contributed by atoms with E-state index in [1.54, 1.807) is 4.90 Å². The molecule has 2 aromatic heterocycles. The first-order valence-corrected chi connectivity index (χ1v) is 12.8. The SMILES string of the molecule is Cc1c(Cc2ccccc2)c(N2CC[NH+](Cc3ccccc3)CC2)[n+]2c([nH]c3ccccc32)c1C#N. The highest BCUT2D eigenvalue weighted by molar-refractivity contribution is 5.78. The smallest absolute Gasteiger partial charge is 0.250 e. The Kier molecular flexibility index (Phi) is 5.88. The molecule has 36 heavy (non-hydrogen) atoms. The summed E-state index contributed by atoms with van der Waals surface area (Å²) in [5.41, 5.74) is 8.77. The summed E-state index contributed by atoms with van der Waals surface area (Å²) < 4.78 is 2.31. The fourth-order valence-electron chi connectivity index (χ4n) is 5.68. The number of piperazine rings is 1. The van der Waals surface area contributed by atoms with Crippen molar-refractivity contribution >= 4 is 22.5 Å². The standard InChI is InChI=1S/C31H29N5/c1-23-26(20-24-10-4-2-5-11-24)31(35-18-16-34(17-19-35)22-25-12-6-3-7-13-25)36-29-15-9-8-14-28(29)33-30(36)27(23)21-32/h2-15H,16-20,22H2,1H3/p+2. The molecule has 5 nitrogen and oxygen atoms in total. The molecular formula is C31H31N5+2. The molecule has 5 aromatic rings. The number of quaternary nitrogens is 1. The number of fused-ring (bicyclic) bond motifs is 3. The van der Waals surface area contributed by atoms with Gasteiger partial charge in [-0.25, -0.2) is 0 Å². The third-order valence-corrected chi connectivity index (χ3v) is 7.57. The molecule has 0 atom stereocenters. The highest BCUT2D eigenvalue weighted by Gasteiger charge is 2.33. The number of aromatic nitrogens is 2. The summed E-state index contributed by atoms with van der Waals surface area (Å²) in [6.45, 7) is 7.32. The number of rotatable bonds is 5. The maximum Gasteiger partial charge on any atom is 0.250 e. The molecule has 0 spiro atoms. The van der Waals surface area contributed by atoms with Gasteiger partial charge in [-0.15, -0.1) is 0 Å². The lowest BCUT2D eigenvalue weighted by molar-refractivity contribution is -0.914. The van der Waals surface area contributed by atoms with E-state index >= 15 is 0 Å². The summed E-state index contributed by atoms with van der Waals surface area (Å²) in [5, 5.41) is 10.2. The number of anilines is 1. The Labute approximate surface area is 211 Å². The summed E-state index contributed by atoms with van der Waals surface area (Å²) in [6, 6.07) is 32.3. The quantitative estimate of drug-likeness (QED) is 0.384. The highest BCUT2D eigenvalue weighted by atomic mass is 15.3. The van der Waals surface area contributed by atoms with Gasteiger partial charge in [-0.3, -0.25) is 9.88 Å².